The van der Waals surface area contributed by atoms with Crippen LogP contribution in [0, 0.1) is 17.3 Å². The van der Waals surface area contributed by atoms with Crippen LogP contribution in [0.2, 0.25) is 0 Å². The number of hydrogen-bond donors (Lipinski definition) is 0. The number of ketones is 1. The van der Waals surface area contributed by atoms with E-state index < -0.39 is 0 Å². The molecule has 0 saturated heterocycles. The molecule has 1 heterocycles. The SMILES string of the molecule is CC(C)(C)C#CCC(=O)c1ccnc2ccccc12. The van der Waals surface area contributed by atoms with E-state index in [1.54, 1.807) is 12.3 Å². The first kappa shape index (κ1) is 13.3. The molecule has 0 aliphatic rings. The van der Waals surface area contributed by atoms with Crippen LogP contribution in [0.1, 0.15) is 37.6 Å². The van der Waals surface area contributed by atoms with Gasteiger partial charge in [0.15, 0.2) is 5.78 Å². The number of aromatic nitrogens is 1. The molecule has 0 aliphatic heterocycles. The van der Waals surface area contributed by atoms with E-state index in [-0.39, 0.29) is 17.6 Å². The van der Waals surface area contributed by atoms with Crippen LogP contribution in [-0.2, 0) is 0 Å². The summed E-state index contributed by atoms with van der Waals surface area (Å²) >= 11 is 0. The van der Waals surface area contributed by atoms with Gasteiger partial charge in [-0.3, -0.25) is 9.78 Å². The van der Waals surface area contributed by atoms with Gasteiger partial charge in [-0.2, -0.15) is 0 Å². The lowest BCUT2D eigenvalue weighted by atomic mass is 9.97. The maximum absolute atomic E-state index is 12.2. The zero-order valence-corrected chi connectivity index (χ0v) is 11.5. The first-order chi connectivity index (χ1) is 8.97. The summed E-state index contributed by atoms with van der Waals surface area (Å²) in [6.45, 7) is 6.10. The number of carbonyl (C=O) groups excluding carboxylic acids is 1. The molecule has 0 unspecified atom stereocenters. The maximum atomic E-state index is 12.2. The fourth-order valence-electron chi connectivity index (χ4n) is 1.82. The van der Waals surface area contributed by atoms with E-state index in [0.29, 0.717) is 5.56 Å². The molecule has 1 aromatic heterocycles. The van der Waals surface area contributed by atoms with Crippen molar-refractivity contribution in [1.29, 1.82) is 0 Å². The zero-order chi connectivity index (χ0) is 13.9. The van der Waals surface area contributed by atoms with Crippen molar-refractivity contribution in [2.45, 2.75) is 27.2 Å². The Bertz CT molecular complexity index is 663. The lowest BCUT2D eigenvalue weighted by Gasteiger charge is -2.07. The summed E-state index contributed by atoms with van der Waals surface area (Å²) in [5.41, 5.74) is 1.48. The monoisotopic (exact) mass is 251 g/mol. The first-order valence-electron chi connectivity index (χ1n) is 6.34. The second-order valence-electron chi connectivity index (χ2n) is 5.53. The number of nitrogens with zero attached hydrogens (tertiary/aromatic N) is 1. The van der Waals surface area contributed by atoms with Gasteiger partial charge in [0.25, 0.3) is 0 Å². The smallest absolute Gasteiger partial charge is 0.175 e. The highest BCUT2D eigenvalue weighted by molar-refractivity contribution is 6.07. The van der Waals surface area contributed by atoms with Crippen LogP contribution < -0.4 is 0 Å². The van der Waals surface area contributed by atoms with Crippen LogP contribution in [0.15, 0.2) is 36.5 Å². The Kier molecular flexibility index (Phi) is 3.66. The summed E-state index contributed by atoms with van der Waals surface area (Å²) in [4.78, 5) is 16.5. The van der Waals surface area contributed by atoms with Crippen molar-refractivity contribution in [2.75, 3.05) is 0 Å². The van der Waals surface area contributed by atoms with Gasteiger partial charge in [0.2, 0.25) is 0 Å². The molecule has 0 N–H and O–H groups in total. The van der Waals surface area contributed by atoms with E-state index in [1.807, 2.05) is 45.0 Å². The minimum absolute atomic E-state index is 0.0513. The number of fused-ring (bicyclic) bond motifs is 1. The molecular formula is C17H17NO. The fourth-order valence-corrected chi connectivity index (χ4v) is 1.82. The number of Topliss-reactive ketones (excluding diaryl/α,β-unsaturated/α-hetero) is 1. The standard InChI is InChI=1S/C17H17NO/c1-17(2,3)11-6-9-16(19)14-10-12-18-15-8-5-4-7-13(14)15/h4-5,7-8,10,12H,9H2,1-3H3. The van der Waals surface area contributed by atoms with Gasteiger partial charge in [0.1, 0.15) is 0 Å². The summed E-state index contributed by atoms with van der Waals surface area (Å²) in [5, 5.41) is 0.896. The Labute approximate surface area is 113 Å². The predicted molar refractivity (Wildman–Crippen MR) is 77.9 cm³/mol. The normalized spacial score (nSPS) is 10.9. The second kappa shape index (κ2) is 5.24. The summed E-state index contributed by atoms with van der Waals surface area (Å²) in [6.07, 6.45) is 1.93. The van der Waals surface area contributed by atoms with Crippen molar-refractivity contribution < 1.29 is 4.79 Å². The summed E-state index contributed by atoms with van der Waals surface area (Å²) in [7, 11) is 0. The van der Waals surface area contributed by atoms with Gasteiger partial charge in [-0.05, 0) is 32.9 Å². The lowest BCUT2D eigenvalue weighted by Crippen LogP contribution is -2.02. The Morgan fingerprint density at radius 2 is 1.95 bits per heavy atom. The lowest BCUT2D eigenvalue weighted by molar-refractivity contribution is 0.0999. The molecule has 2 heteroatoms. The number of rotatable bonds is 2. The van der Waals surface area contributed by atoms with Gasteiger partial charge >= 0.3 is 0 Å². The summed E-state index contributed by atoms with van der Waals surface area (Å²) in [5.74, 6) is 6.10. The number of para-hydroxylation sites is 1. The van der Waals surface area contributed by atoms with Crippen molar-refractivity contribution in [3.05, 3.63) is 42.1 Å². The summed E-state index contributed by atoms with van der Waals surface area (Å²) in [6, 6.07) is 9.44. The number of benzene rings is 1. The molecule has 0 atom stereocenters. The summed E-state index contributed by atoms with van der Waals surface area (Å²) < 4.78 is 0. The van der Waals surface area contributed by atoms with Gasteiger partial charge in [-0.1, -0.05) is 30.0 Å². The van der Waals surface area contributed by atoms with Crippen LogP contribution in [0.25, 0.3) is 10.9 Å². The van der Waals surface area contributed by atoms with E-state index in [4.69, 9.17) is 0 Å². The molecule has 0 radical (unpaired) electrons. The van der Waals surface area contributed by atoms with E-state index >= 15 is 0 Å². The molecule has 0 saturated carbocycles. The Morgan fingerprint density at radius 3 is 2.68 bits per heavy atom. The average molecular weight is 251 g/mol. The van der Waals surface area contributed by atoms with Gasteiger partial charge in [-0.15, -0.1) is 0 Å². The second-order valence-corrected chi connectivity index (χ2v) is 5.53. The maximum Gasteiger partial charge on any atom is 0.175 e. The zero-order valence-electron chi connectivity index (χ0n) is 11.5. The van der Waals surface area contributed by atoms with Gasteiger partial charge in [0, 0.05) is 22.6 Å². The quantitative estimate of drug-likeness (QED) is 0.599. The third-order valence-electron chi connectivity index (χ3n) is 2.66. The van der Waals surface area contributed by atoms with Crippen molar-refractivity contribution >= 4 is 16.7 Å². The Morgan fingerprint density at radius 1 is 1.21 bits per heavy atom. The van der Waals surface area contributed by atoms with Crippen LogP contribution >= 0.6 is 0 Å². The van der Waals surface area contributed by atoms with Crippen LogP contribution in [0.4, 0.5) is 0 Å². The third kappa shape index (κ3) is 3.42. The Hall–Kier alpha value is -2.14. The van der Waals surface area contributed by atoms with Crippen LogP contribution in [0.3, 0.4) is 0 Å². The number of pyridine rings is 1. The molecule has 19 heavy (non-hydrogen) atoms. The van der Waals surface area contributed by atoms with Crippen LogP contribution in [0.5, 0.6) is 0 Å². The number of hydrogen-bond acceptors (Lipinski definition) is 2. The molecule has 0 aliphatic carbocycles. The van der Waals surface area contributed by atoms with Gasteiger partial charge in [-0.25, -0.2) is 0 Å². The molecule has 0 bridgehead atoms. The highest BCUT2D eigenvalue weighted by atomic mass is 16.1. The molecule has 2 nitrogen and oxygen atoms in total. The largest absolute Gasteiger partial charge is 0.293 e. The molecule has 0 fully saturated rings. The highest BCUT2D eigenvalue weighted by Crippen LogP contribution is 2.17. The van der Waals surface area contributed by atoms with E-state index in [1.165, 1.54) is 0 Å². The first-order valence-corrected chi connectivity index (χ1v) is 6.34. The van der Waals surface area contributed by atoms with E-state index in [2.05, 4.69) is 16.8 Å². The highest BCUT2D eigenvalue weighted by Gasteiger charge is 2.09. The van der Waals surface area contributed by atoms with Crippen molar-refractivity contribution in [1.82, 2.24) is 4.98 Å². The molecule has 2 aromatic rings. The average Bonchev–Trinajstić information content (AvgIpc) is 2.36. The molecule has 0 amide bonds. The molecular weight excluding hydrogens is 234 g/mol. The topological polar surface area (TPSA) is 30.0 Å². The molecule has 0 spiro atoms. The van der Waals surface area contributed by atoms with E-state index in [0.717, 1.165) is 10.9 Å². The molecule has 1 aromatic carbocycles. The molecule has 2 rings (SSSR count). The van der Waals surface area contributed by atoms with Crippen molar-refractivity contribution in [3.8, 4) is 11.8 Å². The predicted octanol–water partition coefficient (Wildman–Crippen LogP) is 3.86. The Balaban J connectivity index is 2.29. The van der Waals surface area contributed by atoms with Gasteiger partial charge < -0.3 is 0 Å². The van der Waals surface area contributed by atoms with Crippen LogP contribution in [-0.4, -0.2) is 10.8 Å². The minimum Gasteiger partial charge on any atom is -0.293 e. The number of carbonyl (C=O) groups is 1. The fraction of sp³-hybridized carbons (Fsp3) is 0.294. The van der Waals surface area contributed by atoms with E-state index in [9.17, 15) is 4.79 Å². The minimum atomic E-state index is -0.0689. The third-order valence-corrected chi connectivity index (χ3v) is 2.66. The van der Waals surface area contributed by atoms with Gasteiger partial charge in [0.05, 0.1) is 11.9 Å². The molecule has 96 valence electrons. The van der Waals surface area contributed by atoms with Crippen molar-refractivity contribution in [2.24, 2.45) is 5.41 Å². The van der Waals surface area contributed by atoms with Crippen molar-refractivity contribution in [3.63, 3.8) is 0 Å².